The molecule has 1 heterocycles. The van der Waals surface area contributed by atoms with Crippen LogP contribution in [0.3, 0.4) is 0 Å². The van der Waals surface area contributed by atoms with Crippen LogP contribution >= 0.6 is 0 Å². The van der Waals surface area contributed by atoms with Crippen molar-refractivity contribution in [3.8, 4) is 0 Å². The molecule has 1 atom stereocenters. The molecule has 2 fully saturated rings. The summed E-state index contributed by atoms with van der Waals surface area (Å²) in [6.07, 6.45) is 2.18. The average Bonchev–Trinajstić information content (AvgIpc) is 3.08. The molecule has 0 aromatic heterocycles. The van der Waals surface area contributed by atoms with Crippen molar-refractivity contribution in [1.82, 2.24) is 10.2 Å². The summed E-state index contributed by atoms with van der Waals surface area (Å²) in [7, 11) is 0. The maximum Gasteiger partial charge on any atom is 0.226 e. The van der Waals surface area contributed by atoms with Gasteiger partial charge in [-0.2, -0.15) is 0 Å². The van der Waals surface area contributed by atoms with Gasteiger partial charge in [0.05, 0.1) is 6.04 Å². The summed E-state index contributed by atoms with van der Waals surface area (Å²) < 4.78 is 13.2. The number of hydrogen-bond donors (Lipinski definition) is 1. The van der Waals surface area contributed by atoms with Crippen LogP contribution < -0.4 is 5.32 Å². The van der Waals surface area contributed by atoms with Gasteiger partial charge in [-0.3, -0.25) is 9.59 Å². The Kier molecular flexibility index (Phi) is 3.43. The Balaban J connectivity index is 1.58. The third-order valence-corrected chi connectivity index (χ3v) is 4.36. The van der Waals surface area contributed by atoms with E-state index in [9.17, 15) is 14.0 Å². The highest BCUT2D eigenvalue weighted by atomic mass is 19.1. The summed E-state index contributed by atoms with van der Waals surface area (Å²) in [4.78, 5) is 25.7. The molecule has 2 aliphatic rings. The van der Waals surface area contributed by atoms with Crippen LogP contribution in [0.2, 0.25) is 0 Å². The van der Waals surface area contributed by atoms with E-state index in [1.165, 1.54) is 12.1 Å². The fraction of sp³-hybridized carbons (Fsp3) is 0.500. The molecule has 5 heteroatoms. The predicted octanol–water partition coefficient (Wildman–Crippen LogP) is 1.84. The van der Waals surface area contributed by atoms with E-state index in [1.807, 2.05) is 6.92 Å². The molecule has 112 valence electrons. The molecule has 4 nitrogen and oxygen atoms in total. The highest BCUT2D eigenvalue weighted by Gasteiger charge is 2.46. The lowest BCUT2D eigenvalue weighted by Crippen LogP contribution is -2.40. The summed E-state index contributed by atoms with van der Waals surface area (Å²) in [5.41, 5.74) is 0.545. The SMILES string of the molecule is CC1(C(=O)N[C@@H]2CC(=O)N(Cc3cccc(F)c3)C2)CC1. The van der Waals surface area contributed by atoms with Gasteiger partial charge in [0.15, 0.2) is 0 Å². The van der Waals surface area contributed by atoms with Crippen molar-refractivity contribution >= 4 is 11.8 Å². The standard InChI is InChI=1S/C16H19FN2O2/c1-16(5-6-16)15(21)18-13-8-14(20)19(10-13)9-11-3-2-4-12(17)7-11/h2-4,7,13H,5-6,8-10H2,1H3,(H,18,21)/t13-/m1/s1. The van der Waals surface area contributed by atoms with E-state index in [2.05, 4.69) is 5.32 Å². The molecule has 0 bridgehead atoms. The average molecular weight is 290 g/mol. The molecule has 1 saturated carbocycles. The van der Waals surface area contributed by atoms with E-state index < -0.39 is 0 Å². The van der Waals surface area contributed by atoms with Crippen molar-refractivity contribution in [3.05, 3.63) is 35.6 Å². The second kappa shape index (κ2) is 5.13. The van der Waals surface area contributed by atoms with Crippen LogP contribution in [0.5, 0.6) is 0 Å². The monoisotopic (exact) mass is 290 g/mol. The van der Waals surface area contributed by atoms with Gasteiger partial charge in [-0.05, 0) is 30.5 Å². The zero-order valence-electron chi connectivity index (χ0n) is 12.1. The van der Waals surface area contributed by atoms with E-state index >= 15 is 0 Å². The van der Waals surface area contributed by atoms with Crippen LogP contribution in [-0.4, -0.2) is 29.3 Å². The Bertz CT molecular complexity index is 583. The first-order valence-electron chi connectivity index (χ1n) is 7.29. The van der Waals surface area contributed by atoms with Crippen LogP contribution in [0.25, 0.3) is 0 Å². The number of hydrogen-bond acceptors (Lipinski definition) is 2. The first kappa shape index (κ1) is 14.0. The molecule has 1 aliphatic heterocycles. The maximum atomic E-state index is 13.2. The summed E-state index contributed by atoms with van der Waals surface area (Å²) in [6, 6.07) is 6.13. The lowest BCUT2D eigenvalue weighted by Gasteiger charge is -2.18. The van der Waals surface area contributed by atoms with Crippen LogP contribution in [0.15, 0.2) is 24.3 Å². The lowest BCUT2D eigenvalue weighted by molar-refractivity contribution is -0.128. The highest BCUT2D eigenvalue weighted by molar-refractivity contribution is 5.86. The summed E-state index contributed by atoms with van der Waals surface area (Å²) in [5, 5.41) is 2.96. The fourth-order valence-electron chi connectivity index (χ4n) is 2.65. The molecule has 1 N–H and O–H groups in total. The molecule has 1 aliphatic carbocycles. The molecule has 3 rings (SSSR count). The molecular weight excluding hydrogens is 271 g/mol. The number of amides is 2. The van der Waals surface area contributed by atoms with Crippen LogP contribution in [0, 0.1) is 11.2 Å². The molecule has 21 heavy (non-hydrogen) atoms. The minimum Gasteiger partial charge on any atom is -0.351 e. The van der Waals surface area contributed by atoms with E-state index in [4.69, 9.17) is 0 Å². The summed E-state index contributed by atoms with van der Waals surface area (Å²) in [5.74, 6) is -0.246. The number of benzene rings is 1. The molecule has 0 spiro atoms. The molecule has 1 aromatic rings. The Morgan fingerprint density at radius 1 is 1.48 bits per heavy atom. The molecular formula is C16H19FN2O2. The van der Waals surface area contributed by atoms with Gasteiger partial charge in [-0.1, -0.05) is 19.1 Å². The van der Waals surface area contributed by atoms with Gasteiger partial charge in [0.25, 0.3) is 0 Å². The van der Waals surface area contributed by atoms with Crippen LogP contribution in [-0.2, 0) is 16.1 Å². The second-order valence-electron chi connectivity index (χ2n) is 6.34. The van der Waals surface area contributed by atoms with Crippen molar-refractivity contribution in [1.29, 1.82) is 0 Å². The first-order valence-corrected chi connectivity index (χ1v) is 7.29. The molecule has 1 saturated heterocycles. The Morgan fingerprint density at radius 2 is 2.24 bits per heavy atom. The lowest BCUT2D eigenvalue weighted by atomic mass is 10.1. The number of carbonyl (C=O) groups is 2. The zero-order valence-corrected chi connectivity index (χ0v) is 12.1. The number of rotatable bonds is 4. The minimum atomic E-state index is -0.300. The molecule has 0 radical (unpaired) electrons. The molecule has 2 amide bonds. The van der Waals surface area contributed by atoms with Crippen LogP contribution in [0.1, 0.15) is 31.7 Å². The van der Waals surface area contributed by atoms with Gasteiger partial charge in [0.2, 0.25) is 11.8 Å². The van der Waals surface area contributed by atoms with Gasteiger partial charge >= 0.3 is 0 Å². The van der Waals surface area contributed by atoms with Gasteiger partial charge in [0, 0.05) is 24.9 Å². The normalized spacial score (nSPS) is 23.2. The summed E-state index contributed by atoms with van der Waals surface area (Å²) in [6.45, 7) is 2.83. The Hall–Kier alpha value is -1.91. The van der Waals surface area contributed by atoms with Gasteiger partial charge in [-0.15, -0.1) is 0 Å². The number of halogens is 1. The Morgan fingerprint density at radius 3 is 2.90 bits per heavy atom. The van der Waals surface area contributed by atoms with Crippen molar-refractivity contribution in [3.63, 3.8) is 0 Å². The third kappa shape index (κ3) is 3.06. The quantitative estimate of drug-likeness (QED) is 0.920. The van der Waals surface area contributed by atoms with Gasteiger partial charge in [-0.25, -0.2) is 4.39 Å². The maximum absolute atomic E-state index is 13.2. The topological polar surface area (TPSA) is 49.4 Å². The fourth-order valence-corrected chi connectivity index (χ4v) is 2.65. The third-order valence-electron chi connectivity index (χ3n) is 4.36. The number of nitrogens with one attached hydrogen (secondary N) is 1. The van der Waals surface area contributed by atoms with Crippen molar-refractivity contribution in [2.45, 2.75) is 38.8 Å². The Labute approximate surface area is 123 Å². The molecule has 1 aromatic carbocycles. The van der Waals surface area contributed by atoms with E-state index in [0.717, 1.165) is 18.4 Å². The first-order chi connectivity index (χ1) is 9.96. The van der Waals surface area contributed by atoms with Gasteiger partial charge < -0.3 is 10.2 Å². The van der Waals surface area contributed by atoms with Crippen molar-refractivity contribution in [2.24, 2.45) is 5.41 Å². The van der Waals surface area contributed by atoms with E-state index in [1.54, 1.807) is 17.0 Å². The number of carbonyl (C=O) groups excluding carboxylic acids is 2. The van der Waals surface area contributed by atoms with Crippen molar-refractivity contribution < 1.29 is 14.0 Å². The second-order valence-corrected chi connectivity index (χ2v) is 6.34. The molecule has 0 unspecified atom stereocenters. The minimum absolute atomic E-state index is 0.00510. The smallest absolute Gasteiger partial charge is 0.226 e. The van der Waals surface area contributed by atoms with Crippen LogP contribution in [0.4, 0.5) is 4.39 Å². The largest absolute Gasteiger partial charge is 0.351 e. The number of nitrogens with zero attached hydrogens (tertiary/aromatic N) is 1. The van der Waals surface area contributed by atoms with Gasteiger partial charge in [0.1, 0.15) is 5.82 Å². The summed E-state index contributed by atoms with van der Waals surface area (Å²) >= 11 is 0. The number of likely N-dealkylation sites (tertiary alicyclic amines) is 1. The van der Waals surface area contributed by atoms with Crippen molar-refractivity contribution in [2.75, 3.05) is 6.54 Å². The van der Waals surface area contributed by atoms with E-state index in [-0.39, 0.29) is 29.1 Å². The predicted molar refractivity (Wildman–Crippen MR) is 75.7 cm³/mol. The zero-order chi connectivity index (χ0) is 15.0. The van der Waals surface area contributed by atoms with E-state index in [0.29, 0.717) is 19.5 Å². The highest BCUT2D eigenvalue weighted by Crippen LogP contribution is 2.45.